The van der Waals surface area contributed by atoms with Gasteiger partial charge in [-0.3, -0.25) is 14.3 Å². The van der Waals surface area contributed by atoms with Crippen molar-refractivity contribution in [2.75, 3.05) is 5.32 Å². The van der Waals surface area contributed by atoms with Crippen molar-refractivity contribution < 1.29 is 0 Å². The number of nitrogens with one attached hydrogen (secondary N) is 2. The number of nitrogens with zero attached hydrogens (tertiary/aromatic N) is 1. The lowest BCUT2D eigenvalue weighted by Crippen LogP contribution is -2.36. The van der Waals surface area contributed by atoms with Gasteiger partial charge in [0.1, 0.15) is 5.82 Å². The minimum Gasteiger partial charge on any atom is -0.364 e. The minimum absolute atomic E-state index is 0.0196. The van der Waals surface area contributed by atoms with Gasteiger partial charge in [0, 0.05) is 12.1 Å². The molecule has 5 heteroatoms. The van der Waals surface area contributed by atoms with Gasteiger partial charge in [-0.15, -0.1) is 0 Å². The molecule has 0 aliphatic carbocycles. The fraction of sp³-hybridized carbons (Fsp3) is 0.412. The van der Waals surface area contributed by atoms with Crippen molar-refractivity contribution in [3.8, 4) is 0 Å². The SMILES string of the molecule is CC(C)C(Nc1cc(=O)n(C(C)C)c(=O)[nH]1)c1ccccc1. The Bertz CT molecular complexity index is 698. The molecule has 2 aromatic rings. The standard InChI is InChI=1S/C17H23N3O2/c1-11(2)16(13-8-6-5-7-9-13)18-14-10-15(21)20(12(3)4)17(22)19-14/h5-12,16,18H,1-4H3,(H,19,22). The summed E-state index contributed by atoms with van der Waals surface area (Å²) in [5.41, 5.74) is 0.434. The van der Waals surface area contributed by atoms with Crippen LogP contribution in [0.2, 0.25) is 0 Å². The zero-order chi connectivity index (χ0) is 16.3. The highest BCUT2D eigenvalue weighted by Crippen LogP contribution is 2.24. The van der Waals surface area contributed by atoms with Gasteiger partial charge in [0.25, 0.3) is 5.56 Å². The molecule has 1 aromatic carbocycles. The largest absolute Gasteiger partial charge is 0.364 e. The summed E-state index contributed by atoms with van der Waals surface area (Å²) in [7, 11) is 0. The van der Waals surface area contributed by atoms with Crippen LogP contribution in [0, 0.1) is 5.92 Å². The van der Waals surface area contributed by atoms with Crippen molar-refractivity contribution in [2.45, 2.75) is 39.8 Å². The number of hydrogen-bond donors (Lipinski definition) is 2. The molecule has 22 heavy (non-hydrogen) atoms. The Morgan fingerprint density at radius 3 is 2.18 bits per heavy atom. The van der Waals surface area contributed by atoms with Crippen LogP contribution in [0.5, 0.6) is 0 Å². The summed E-state index contributed by atoms with van der Waals surface area (Å²) in [6.45, 7) is 7.81. The van der Waals surface area contributed by atoms with E-state index in [1.54, 1.807) is 0 Å². The second-order valence-electron chi connectivity index (χ2n) is 6.07. The first-order chi connectivity index (χ1) is 10.4. The van der Waals surface area contributed by atoms with Crippen LogP contribution < -0.4 is 16.6 Å². The van der Waals surface area contributed by atoms with Gasteiger partial charge in [0.2, 0.25) is 0 Å². The van der Waals surface area contributed by atoms with E-state index in [9.17, 15) is 9.59 Å². The van der Waals surface area contributed by atoms with Gasteiger partial charge in [0.05, 0.1) is 6.04 Å². The number of aromatic nitrogens is 2. The van der Waals surface area contributed by atoms with Crippen molar-refractivity contribution in [3.05, 3.63) is 62.8 Å². The van der Waals surface area contributed by atoms with Crippen LogP contribution in [0.15, 0.2) is 46.0 Å². The first-order valence-corrected chi connectivity index (χ1v) is 7.57. The molecule has 118 valence electrons. The molecule has 1 heterocycles. The van der Waals surface area contributed by atoms with Crippen LogP contribution in [0.1, 0.15) is 45.3 Å². The maximum absolute atomic E-state index is 12.1. The van der Waals surface area contributed by atoms with Gasteiger partial charge in [-0.2, -0.15) is 0 Å². The van der Waals surface area contributed by atoms with E-state index in [4.69, 9.17) is 0 Å². The summed E-state index contributed by atoms with van der Waals surface area (Å²) < 4.78 is 1.21. The quantitative estimate of drug-likeness (QED) is 0.892. The number of anilines is 1. The second kappa shape index (κ2) is 6.64. The third-order valence-electron chi connectivity index (χ3n) is 3.62. The smallest absolute Gasteiger partial charge is 0.330 e. The van der Waals surface area contributed by atoms with Crippen molar-refractivity contribution in [3.63, 3.8) is 0 Å². The summed E-state index contributed by atoms with van der Waals surface area (Å²) >= 11 is 0. The number of H-pyrrole nitrogens is 1. The van der Waals surface area contributed by atoms with Crippen LogP contribution in [-0.2, 0) is 0 Å². The van der Waals surface area contributed by atoms with Crippen molar-refractivity contribution in [1.82, 2.24) is 9.55 Å². The summed E-state index contributed by atoms with van der Waals surface area (Å²) in [5.74, 6) is 0.757. The molecule has 5 nitrogen and oxygen atoms in total. The zero-order valence-corrected chi connectivity index (χ0v) is 13.5. The maximum Gasteiger partial charge on any atom is 0.330 e. The van der Waals surface area contributed by atoms with Crippen molar-refractivity contribution in [1.29, 1.82) is 0 Å². The molecule has 1 unspecified atom stereocenters. The van der Waals surface area contributed by atoms with E-state index < -0.39 is 0 Å². The Morgan fingerprint density at radius 2 is 1.68 bits per heavy atom. The Hall–Kier alpha value is -2.30. The van der Waals surface area contributed by atoms with Gasteiger partial charge < -0.3 is 5.32 Å². The first-order valence-electron chi connectivity index (χ1n) is 7.57. The second-order valence-corrected chi connectivity index (χ2v) is 6.07. The Labute approximate surface area is 130 Å². The monoisotopic (exact) mass is 301 g/mol. The molecule has 2 rings (SSSR count). The van der Waals surface area contributed by atoms with Gasteiger partial charge in [-0.25, -0.2) is 4.79 Å². The molecular formula is C17H23N3O2. The van der Waals surface area contributed by atoms with Crippen LogP contribution in [0.4, 0.5) is 5.82 Å². The van der Waals surface area contributed by atoms with E-state index in [0.29, 0.717) is 11.7 Å². The van der Waals surface area contributed by atoms with Gasteiger partial charge in [-0.05, 0) is 25.3 Å². The fourth-order valence-electron chi connectivity index (χ4n) is 2.53. The fourth-order valence-corrected chi connectivity index (χ4v) is 2.53. The lowest BCUT2D eigenvalue weighted by molar-refractivity contribution is 0.532. The van der Waals surface area contributed by atoms with Gasteiger partial charge in [-0.1, -0.05) is 44.2 Å². The van der Waals surface area contributed by atoms with E-state index in [1.807, 2.05) is 44.2 Å². The molecule has 0 fully saturated rings. The third kappa shape index (κ3) is 3.47. The minimum atomic E-state index is -0.388. The Morgan fingerprint density at radius 1 is 1.05 bits per heavy atom. The summed E-state index contributed by atoms with van der Waals surface area (Å²) in [5, 5.41) is 3.27. The highest BCUT2D eigenvalue weighted by atomic mass is 16.2. The van der Waals surface area contributed by atoms with E-state index in [2.05, 4.69) is 24.1 Å². The van der Waals surface area contributed by atoms with Crippen molar-refractivity contribution >= 4 is 5.82 Å². The lowest BCUT2D eigenvalue weighted by atomic mass is 9.96. The highest BCUT2D eigenvalue weighted by Gasteiger charge is 2.17. The lowest BCUT2D eigenvalue weighted by Gasteiger charge is -2.24. The van der Waals surface area contributed by atoms with Crippen LogP contribution >= 0.6 is 0 Å². The summed E-state index contributed by atoms with van der Waals surface area (Å²) in [4.78, 5) is 26.9. The van der Waals surface area contributed by atoms with Gasteiger partial charge >= 0.3 is 5.69 Å². The normalized spacial score (nSPS) is 12.6. The molecule has 0 bridgehead atoms. The molecule has 0 spiro atoms. The predicted molar refractivity (Wildman–Crippen MR) is 89.4 cm³/mol. The number of rotatable bonds is 5. The predicted octanol–water partition coefficient (Wildman–Crippen LogP) is 2.93. The van der Waals surface area contributed by atoms with E-state index in [1.165, 1.54) is 10.6 Å². The third-order valence-corrected chi connectivity index (χ3v) is 3.62. The van der Waals surface area contributed by atoms with Crippen LogP contribution in [0.25, 0.3) is 0 Å². The molecule has 0 radical (unpaired) electrons. The Balaban J connectivity index is 2.36. The van der Waals surface area contributed by atoms with Crippen LogP contribution in [-0.4, -0.2) is 9.55 Å². The van der Waals surface area contributed by atoms with E-state index >= 15 is 0 Å². The molecular weight excluding hydrogens is 278 g/mol. The van der Waals surface area contributed by atoms with E-state index in [-0.39, 0.29) is 23.3 Å². The first kappa shape index (κ1) is 16.1. The topological polar surface area (TPSA) is 66.9 Å². The van der Waals surface area contributed by atoms with Crippen LogP contribution in [0.3, 0.4) is 0 Å². The number of benzene rings is 1. The average molecular weight is 301 g/mol. The van der Waals surface area contributed by atoms with E-state index in [0.717, 1.165) is 5.56 Å². The summed E-state index contributed by atoms with van der Waals surface area (Å²) in [6.07, 6.45) is 0. The molecule has 0 amide bonds. The molecule has 0 saturated carbocycles. The molecule has 0 saturated heterocycles. The number of aromatic amines is 1. The highest BCUT2D eigenvalue weighted by molar-refractivity contribution is 5.37. The van der Waals surface area contributed by atoms with Crippen molar-refractivity contribution in [2.24, 2.45) is 5.92 Å². The molecule has 1 atom stereocenters. The molecule has 0 aliphatic rings. The number of hydrogen-bond acceptors (Lipinski definition) is 3. The molecule has 0 aliphatic heterocycles. The maximum atomic E-state index is 12.1. The average Bonchev–Trinajstić information content (AvgIpc) is 2.44. The summed E-state index contributed by atoms with van der Waals surface area (Å²) in [6, 6.07) is 11.3. The zero-order valence-electron chi connectivity index (χ0n) is 13.5. The Kier molecular flexibility index (Phi) is 4.85. The van der Waals surface area contributed by atoms with Gasteiger partial charge in [0.15, 0.2) is 0 Å². The molecule has 2 N–H and O–H groups in total. The molecule has 1 aromatic heterocycles.